The molecule has 1 rings (SSSR count). The number of ether oxygens (including phenoxy) is 1. The number of carbonyl (C=O) groups excluding carboxylic acids is 1. The van der Waals surface area contributed by atoms with Crippen LogP contribution in [0.25, 0.3) is 0 Å². The molecule has 0 radical (unpaired) electrons. The van der Waals surface area contributed by atoms with Crippen LogP contribution in [-0.4, -0.2) is 41.2 Å². The Bertz CT molecular complexity index is 970. The number of carbonyl (C=O) groups is 1. The number of alkyl halides is 3. The Morgan fingerprint density at radius 1 is 0.975 bits per heavy atom. The second-order valence-corrected chi connectivity index (χ2v) is 13.4. The molecule has 0 aliphatic heterocycles. The molecule has 0 saturated heterocycles. The molecular weight excluding hydrogens is 550 g/mol. The van der Waals surface area contributed by atoms with Crippen molar-refractivity contribution in [1.82, 2.24) is 5.32 Å². The number of nitrogens with one attached hydrogen (secondary N) is 1. The highest BCUT2D eigenvalue weighted by atomic mass is 31.2. The Labute approximate surface area is 236 Å². The van der Waals surface area contributed by atoms with Crippen LogP contribution in [0, 0.1) is 0 Å². The van der Waals surface area contributed by atoms with Crippen LogP contribution < -0.4 is 10.1 Å². The molecule has 1 atom stereocenters. The van der Waals surface area contributed by atoms with Crippen LogP contribution in [0.1, 0.15) is 105 Å². The van der Waals surface area contributed by atoms with Crippen molar-refractivity contribution >= 4 is 13.7 Å². The summed E-state index contributed by atoms with van der Waals surface area (Å²) < 4.78 is 76.8. The molecule has 40 heavy (non-hydrogen) atoms. The molecule has 8 nitrogen and oxygen atoms in total. The van der Waals surface area contributed by atoms with Gasteiger partial charge in [-0.1, -0.05) is 38.7 Å². The molecule has 2 N–H and O–H groups in total. The summed E-state index contributed by atoms with van der Waals surface area (Å²) in [5.41, 5.74) is -4.60. The Hall–Kier alpha value is -1.65. The summed E-state index contributed by atoms with van der Waals surface area (Å²) in [6.07, 6.45) is -0.271. The van der Waals surface area contributed by atoms with Crippen LogP contribution >= 0.6 is 7.82 Å². The molecular formula is C28H47F3NO7P. The highest BCUT2D eigenvalue weighted by Gasteiger charge is 2.41. The first-order valence-electron chi connectivity index (χ1n) is 13.7. The van der Waals surface area contributed by atoms with E-state index in [1.807, 2.05) is 0 Å². The number of phosphoric acid groups is 1. The molecule has 0 aromatic heterocycles. The smallest absolute Gasteiger partial charge is 0.475 e. The van der Waals surface area contributed by atoms with Crippen LogP contribution in [0.15, 0.2) is 18.2 Å². The minimum atomic E-state index is -4.65. The van der Waals surface area contributed by atoms with E-state index in [1.54, 1.807) is 41.5 Å². The first-order chi connectivity index (χ1) is 18.2. The van der Waals surface area contributed by atoms with E-state index in [2.05, 4.69) is 12.2 Å². The molecule has 0 aliphatic carbocycles. The first-order valence-corrected chi connectivity index (χ1v) is 15.1. The number of phosphoric ester groups is 1. The van der Waals surface area contributed by atoms with Gasteiger partial charge >= 0.3 is 14.0 Å². The van der Waals surface area contributed by atoms with Gasteiger partial charge in [-0.15, -0.1) is 0 Å². The van der Waals surface area contributed by atoms with Gasteiger partial charge in [0.15, 0.2) is 5.72 Å². The minimum Gasteiger partial charge on any atom is -0.493 e. The van der Waals surface area contributed by atoms with E-state index in [0.29, 0.717) is 6.42 Å². The van der Waals surface area contributed by atoms with E-state index in [9.17, 15) is 27.6 Å². The lowest BCUT2D eigenvalue weighted by atomic mass is 10.00. The molecule has 1 aromatic carbocycles. The molecule has 0 saturated carbocycles. The highest BCUT2D eigenvalue weighted by Crippen LogP contribution is 2.55. The minimum absolute atomic E-state index is 0.0644. The predicted octanol–water partition coefficient (Wildman–Crippen LogP) is 7.57. The van der Waals surface area contributed by atoms with E-state index < -0.39 is 49.0 Å². The quantitative estimate of drug-likeness (QED) is 0.115. The van der Waals surface area contributed by atoms with Gasteiger partial charge in [0.1, 0.15) is 12.4 Å². The zero-order valence-electron chi connectivity index (χ0n) is 25.1. The summed E-state index contributed by atoms with van der Waals surface area (Å²) >= 11 is 0. The first kappa shape index (κ1) is 36.4. The standard InChI is InChI=1S/C28H47F3NO7P/c1-9-10-11-12-13-18-36-24-15-14-22(19-23(24)28(29,30)31)16-17-27(34,32-21(2)33)20-37-40(35,38-25(3,4)5)39-26(6,7)8/h14-15,19,34H,9-13,16-18,20H2,1-8H3,(H,32,33)/t27-/m1/s1. The fourth-order valence-electron chi connectivity index (χ4n) is 3.75. The van der Waals surface area contributed by atoms with Crippen molar-refractivity contribution in [3.63, 3.8) is 0 Å². The maximum atomic E-state index is 13.8. The van der Waals surface area contributed by atoms with Gasteiger partial charge in [-0.2, -0.15) is 13.2 Å². The number of halogens is 3. The number of hydrogen-bond acceptors (Lipinski definition) is 7. The molecule has 0 bridgehead atoms. The van der Waals surface area contributed by atoms with E-state index in [4.69, 9.17) is 18.3 Å². The Morgan fingerprint density at radius 2 is 1.55 bits per heavy atom. The van der Waals surface area contributed by atoms with Crippen LogP contribution in [0.5, 0.6) is 5.75 Å². The summed E-state index contributed by atoms with van der Waals surface area (Å²) in [6, 6.07) is 3.71. The van der Waals surface area contributed by atoms with Crippen LogP contribution in [0.3, 0.4) is 0 Å². The van der Waals surface area contributed by atoms with E-state index >= 15 is 0 Å². The van der Waals surface area contributed by atoms with E-state index in [0.717, 1.165) is 38.7 Å². The Balaban J connectivity index is 3.06. The molecule has 0 heterocycles. The van der Waals surface area contributed by atoms with Gasteiger partial charge in [-0.25, -0.2) is 4.57 Å². The number of amides is 1. The van der Waals surface area contributed by atoms with Crippen molar-refractivity contribution in [3.8, 4) is 5.75 Å². The zero-order chi connectivity index (χ0) is 30.8. The monoisotopic (exact) mass is 597 g/mol. The van der Waals surface area contributed by atoms with Gasteiger partial charge in [0.2, 0.25) is 5.91 Å². The summed E-state index contributed by atoms with van der Waals surface area (Å²) in [4.78, 5) is 11.8. The molecule has 0 aliphatic rings. The Kier molecular flexibility index (Phi) is 13.6. The van der Waals surface area contributed by atoms with Crippen LogP contribution in [0.4, 0.5) is 13.2 Å². The van der Waals surface area contributed by atoms with Gasteiger partial charge in [0.05, 0.1) is 23.4 Å². The van der Waals surface area contributed by atoms with E-state index in [1.165, 1.54) is 12.1 Å². The summed E-state index contributed by atoms with van der Waals surface area (Å²) in [7, 11) is -4.23. The highest BCUT2D eigenvalue weighted by molar-refractivity contribution is 7.48. The van der Waals surface area contributed by atoms with Crippen molar-refractivity contribution < 1.29 is 45.9 Å². The SMILES string of the molecule is CCCCCCCOc1ccc(CC[C@@](O)(COP(=O)(OC(C)(C)C)OC(C)(C)C)NC(C)=O)cc1C(F)(F)F. The number of rotatable bonds is 16. The van der Waals surface area contributed by atoms with Crippen molar-refractivity contribution in [3.05, 3.63) is 29.3 Å². The number of unbranched alkanes of at least 4 members (excludes halogenated alkanes) is 4. The predicted molar refractivity (Wildman–Crippen MR) is 148 cm³/mol. The maximum absolute atomic E-state index is 13.8. The molecule has 0 spiro atoms. The second kappa shape index (κ2) is 15.0. The lowest BCUT2D eigenvalue weighted by molar-refractivity contribution is -0.139. The average Bonchev–Trinajstić information content (AvgIpc) is 2.76. The average molecular weight is 598 g/mol. The number of benzene rings is 1. The fraction of sp³-hybridized carbons (Fsp3) is 0.750. The van der Waals surface area contributed by atoms with Gasteiger partial charge < -0.3 is 15.2 Å². The molecule has 1 amide bonds. The van der Waals surface area contributed by atoms with Crippen LogP contribution in [-0.2, 0) is 35.5 Å². The number of aliphatic hydroxyl groups is 1. The lowest BCUT2D eigenvalue weighted by Crippen LogP contribution is -2.51. The largest absolute Gasteiger partial charge is 0.493 e. The van der Waals surface area contributed by atoms with Crippen molar-refractivity contribution in [2.45, 2.75) is 123 Å². The maximum Gasteiger partial charge on any atom is 0.475 e. The molecule has 1 aromatic rings. The van der Waals surface area contributed by atoms with Crippen LogP contribution in [0.2, 0.25) is 0 Å². The van der Waals surface area contributed by atoms with Gasteiger partial charge in [-0.05, 0) is 72.1 Å². The van der Waals surface area contributed by atoms with E-state index in [-0.39, 0.29) is 30.8 Å². The number of hydrogen-bond donors (Lipinski definition) is 2. The third kappa shape index (κ3) is 14.8. The number of aryl methyl sites for hydroxylation is 1. The third-order valence-corrected chi connectivity index (χ3v) is 7.31. The third-order valence-electron chi connectivity index (χ3n) is 5.32. The topological polar surface area (TPSA) is 103 Å². The Morgan fingerprint density at radius 3 is 2.05 bits per heavy atom. The summed E-state index contributed by atoms with van der Waals surface area (Å²) in [5.74, 6) is -0.875. The van der Waals surface area contributed by atoms with Gasteiger partial charge in [-0.3, -0.25) is 18.4 Å². The van der Waals surface area contributed by atoms with Crippen molar-refractivity contribution in [2.24, 2.45) is 0 Å². The van der Waals surface area contributed by atoms with Gasteiger partial charge in [0, 0.05) is 13.3 Å². The fourth-order valence-corrected chi connectivity index (χ4v) is 5.60. The molecule has 0 fully saturated rings. The van der Waals surface area contributed by atoms with Gasteiger partial charge in [0.25, 0.3) is 0 Å². The molecule has 0 unspecified atom stereocenters. The summed E-state index contributed by atoms with van der Waals surface area (Å²) in [5, 5.41) is 13.5. The normalized spacial score (nSPS) is 14.6. The van der Waals surface area contributed by atoms with Crippen molar-refractivity contribution in [2.75, 3.05) is 13.2 Å². The second-order valence-electron chi connectivity index (χ2n) is 11.9. The molecule has 12 heteroatoms. The zero-order valence-corrected chi connectivity index (χ0v) is 26.0. The molecule has 232 valence electrons. The van der Waals surface area contributed by atoms with Crippen molar-refractivity contribution in [1.29, 1.82) is 0 Å². The summed E-state index contributed by atoms with van der Waals surface area (Å²) in [6.45, 7) is 12.6. The lowest BCUT2D eigenvalue weighted by Gasteiger charge is -2.34.